The first-order valence-electron chi connectivity index (χ1n) is 8.04. The summed E-state index contributed by atoms with van der Waals surface area (Å²) in [6.45, 7) is 3.24. The summed E-state index contributed by atoms with van der Waals surface area (Å²) in [5.41, 5.74) is 3.28. The largest absolute Gasteiger partial charge is 0.462 e. The molecule has 4 nitrogen and oxygen atoms in total. The normalized spacial score (nSPS) is 17.0. The highest BCUT2D eigenvalue weighted by molar-refractivity contribution is 5.91. The van der Waals surface area contributed by atoms with Crippen LogP contribution in [0.3, 0.4) is 0 Å². The van der Waals surface area contributed by atoms with Crippen LogP contribution in [0.1, 0.15) is 53.6 Å². The number of hydrogen-bond donors (Lipinski definition) is 0. The van der Waals surface area contributed by atoms with Crippen molar-refractivity contribution in [1.29, 1.82) is 0 Å². The number of aryl methyl sites for hydroxylation is 1. The lowest BCUT2D eigenvalue weighted by molar-refractivity contribution is 0.0524. The molecule has 22 heavy (non-hydrogen) atoms. The maximum atomic E-state index is 12.1. The van der Waals surface area contributed by atoms with Crippen molar-refractivity contribution >= 4 is 5.97 Å². The zero-order chi connectivity index (χ0) is 15.4. The van der Waals surface area contributed by atoms with Crippen LogP contribution in [0, 0.1) is 0 Å². The van der Waals surface area contributed by atoms with Crippen LogP contribution >= 0.6 is 0 Å². The number of hydrogen-bond acceptors (Lipinski definition) is 3. The Hall–Kier alpha value is -2.10. The number of ether oxygens (including phenoxy) is 1. The molecular formula is C18H22N2O2. The molecule has 116 valence electrons. The van der Waals surface area contributed by atoms with E-state index in [4.69, 9.17) is 4.74 Å². The molecule has 0 spiro atoms. The molecule has 1 atom stereocenters. The smallest absolute Gasteiger partial charge is 0.338 e. The molecule has 1 aromatic carbocycles. The molecule has 0 N–H and O–H groups in total. The third kappa shape index (κ3) is 3.06. The summed E-state index contributed by atoms with van der Waals surface area (Å²) in [5.74, 6) is 0.329. The second-order valence-electron chi connectivity index (χ2n) is 5.77. The first kappa shape index (κ1) is 14.8. The molecule has 0 fully saturated rings. The third-order valence-corrected chi connectivity index (χ3v) is 4.42. The van der Waals surface area contributed by atoms with Gasteiger partial charge in [0.15, 0.2) is 0 Å². The highest BCUT2D eigenvalue weighted by Crippen LogP contribution is 2.36. The van der Waals surface area contributed by atoms with Crippen LogP contribution in [0.4, 0.5) is 0 Å². The third-order valence-electron chi connectivity index (χ3n) is 4.42. The van der Waals surface area contributed by atoms with Crippen LogP contribution in [0.15, 0.2) is 36.9 Å². The van der Waals surface area contributed by atoms with E-state index in [1.165, 1.54) is 17.5 Å². The van der Waals surface area contributed by atoms with Gasteiger partial charge in [-0.15, -0.1) is 0 Å². The molecule has 3 rings (SSSR count). The van der Waals surface area contributed by atoms with E-state index in [0.29, 0.717) is 12.5 Å². The number of benzene rings is 1. The SMILES string of the molecule is CCOC(=O)c1cccc2c1CCCC2CCn1ccnc1. The standard InChI is InChI=1S/C18H22N2O2/c1-2-22-18(21)17-8-4-6-15-14(5-3-7-16(15)17)9-11-20-12-10-19-13-20/h4,6,8,10,12-14H,2-3,5,7,9,11H2,1H3. The van der Waals surface area contributed by atoms with Gasteiger partial charge in [-0.25, -0.2) is 9.78 Å². The summed E-state index contributed by atoms with van der Waals surface area (Å²) < 4.78 is 7.31. The summed E-state index contributed by atoms with van der Waals surface area (Å²) in [6.07, 6.45) is 10.1. The van der Waals surface area contributed by atoms with Crippen molar-refractivity contribution in [2.75, 3.05) is 6.61 Å². The number of fused-ring (bicyclic) bond motifs is 1. The minimum Gasteiger partial charge on any atom is -0.462 e. The molecule has 2 aromatic rings. The van der Waals surface area contributed by atoms with E-state index in [1.807, 2.05) is 37.8 Å². The lowest BCUT2D eigenvalue weighted by atomic mass is 9.79. The Balaban J connectivity index is 1.80. The Morgan fingerprint density at radius 2 is 2.36 bits per heavy atom. The van der Waals surface area contributed by atoms with Gasteiger partial charge in [-0.05, 0) is 55.7 Å². The zero-order valence-electron chi connectivity index (χ0n) is 13.0. The topological polar surface area (TPSA) is 44.1 Å². The molecule has 1 aromatic heterocycles. The van der Waals surface area contributed by atoms with Gasteiger partial charge in [0.1, 0.15) is 0 Å². The molecule has 1 heterocycles. The fraction of sp³-hybridized carbons (Fsp3) is 0.444. The molecule has 0 bridgehead atoms. The highest BCUT2D eigenvalue weighted by Gasteiger charge is 2.24. The Kier molecular flexibility index (Phi) is 4.56. The fourth-order valence-corrected chi connectivity index (χ4v) is 3.37. The molecule has 0 amide bonds. The van der Waals surface area contributed by atoms with E-state index >= 15 is 0 Å². The first-order valence-corrected chi connectivity index (χ1v) is 8.04. The summed E-state index contributed by atoms with van der Waals surface area (Å²) in [6, 6.07) is 6.06. The van der Waals surface area contributed by atoms with Gasteiger partial charge in [0.05, 0.1) is 18.5 Å². The van der Waals surface area contributed by atoms with Crippen LogP contribution in [0.2, 0.25) is 0 Å². The van der Waals surface area contributed by atoms with Crippen molar-refractivity contribution in [3.05, 3.63) is 53.6 Å². The van der Waals surface area contributed by atoms with Gasteiger partial charge in [0.25, 0.3) is 0 Å². The van der Waals surface area contributed by atoms with Crippen molar-refractivity contribution in [3.8, 4) is 0 Å². The summed E-state index contributed by atoms with van der Waals surface area (Å²) in [5, 5.41) is 0. The van der Waals surface area contributed by atoms with Crippen molar-refractivity contribution in [2.24, 2.45) is 0 Å². The van der Waals surface area contributed by atoms with Crippen molar-refractivity contribution in [3.63, 3.8) is 0 Å². The number of rotatable bonds is 5. The minimum atomic E-state index is -0.186. The van der Waals surface area contributed by atoms with Gasteiger partial charge in [-0.3, -0.25) is 0 Å². The number of carbonyl (C=O) groups is 1. The number of aromatic nitrogens is 2. The van der Waals surface area contributed by atoms with Crippen molar-refractivity contribution in [1.82, 2.24) is 9.55 Å². The zero-order valence-corrected chi connectivity index (χ0v) is 13.0. The van der Waals surface area contributed by atoms with Crippen LogP contribution in [-0.4, -0.2) is 22.1 Å². The summed E-state index contributed by atoms with van der Waals surface area (Å²) >= 11 is 0. The van der Waals surface area contributed by atoms with Gasteiger partial charge in [-0.2, -0.15) is 0 Å². The van der Waals surface area contributed by atoms with E-state index in [1.54, 1.807) is 0 Å². The lowest BCUT2D eigenvalue weighted by Crippen LogP contribution is -2.17. The Morgan fingerprint density at radius 1 is 1.45 bits per heavy atom. The molecular weight excluding hydrogens is 276 g/mol. The Labute approximate surface area is 131 Å². The maximum Gasteiger partial charge on any atom is 0.338 e. The molecule has 0 radical (unpaired) electrons. The predicted octanol–water partition coefficient (Wildman–Crippen LogP) is 3.57. The molecule has 4 heteroatoms. The van der Waals surface area contributed by atoms with Gasteiger partial charge in [0, 0.05) is 18.9 Å². The van der Waals surface area contributed by atoms with Crippen molar-refractivity contribution < 1.29 is 9.53 Å². The van der Waals surface area contributed by atoms with Crippen LogP contribution in [-0.2, 0) is 17.7 Å². The van der Waals surface area contributed by atoms with Gasteiger partial charge >= 0.3 is 5.97 Å². The predicted molar refractivity (Wildman–Crippen MR) is 84.9 cm³/mol. The number of carbonyl (C=O) groups excluding carboxylic acids is 1. The van der Waals surface area contributed by atoms with E-state index in [0.717, 1.165) is 31.4 Å². The number of imidazole rings is 1. The molecule has 1 aliphatic carbocycles. The second kappa shape index (κ2) is 6.77. The van der Waals surface area contributed by atoms with Crippen LogP contribution < -0.4 is 0 Å². The van der Waals surface area contributed by atoms with E-state index in [2.05, 4.69) is 15.6 Å². The first-order chi connectivity index (χ1) is 10.8. The molecule has 0 aliphatic heterocycles. The molecule has 0 saturated carbocycles. The summed E-state index contributed by atoms with van der Waals surface area (Å²) in [7, 11) is 0. The lowest BCUT2D eigenvalue weighted by Gasteiger charge is -2.27. The van der Waals surface area contributed by atoms with Crippen LogP contribution in [0.5, 0.6) is 0 Å². The second-order valence-corrected chi connectivity index (χ2v) is 5.77. The van der Waals surface area contributed by atoms with Gasteiger partial charge in [0.2, 0.25) is 0 Å². The van der Waals surface area contributed by atoms with Crippen LogP contribution in [0.25, 0.3) is 0 Å². The summed E-state index contributed by atoms with van der Waals surface area (Å²) in [4.78, 5) is 16.2. The Bertz CT molecular complexity index is 635. The van der Waals surface area contributed by atoms with Gasteiger partial charge in [-0.1, -0.05) is 12.1 Å². The van der Waals surface area contributed by atoms with E-state index < -0.39 is 0 Å². The Morgan fingerprint density at radius 3 is 3.14 bits per heavy atom. The highest BCUT2D eigenvalue weighted by atomic mass is 16.5. The van der Waals surface area contributed by atoms with E-state index in [9.17, 15) is 4.79 Å². The molecule has 1 aliphatic rings. The average molecular weight is 298 g/mol. The van der Waals surface area contributed by atoms with E-state index in [-0.39, 0.29) is 5.97 Å². The number of nitrogens with zero attached hydrogens (tertiary/aromatic N) is 2. The fourth-order valence-electron chi connectivity index (χ4n) is 3.37. The monoisotopic (exact) mass is 298 g/mol. The number of esters is 1. The molecule has 1 unspecified atom stereocenters. The van der Waals surface area contributed by atoms with Gasteiger partial charge < -0.3 is 9.30 Å². The average Bonchev–Trinajstić information content (AvgIpc) is 3.06. The molecule has 0 saturated heterocycles. The maximum absolute atomic E-state index is 12.1. The minimum absolute atomic E-state index is 0.186. The quantitative estimate of drug-likeness (QED) is 0.793. The van der Waals surface area contributed by atoms with Crippen molar-refractivity contribution in [2.45, 2.75) is 45.1 Å².